The molecule has 0 saturated heterocycles. The average molecular weight is 449 g/mol. The SMILES string of the molecule is CCCOc1cc(NC(=O)CSc2ccc([N+](=O)[O-])cc2)c([N+](=O)[O-])cc1OCCC. The third-order valence-electron chi connectivity index (χ3n) is 3.87. The molecule has 0 spiro atoms. The molecule has 0 aliphatic rings. The lowest BCUT2D eigenvalue weighted by molar-refractivity contribution is -0.384. The van der Waals surface area contributed by atoms with Crippen LogP contribution in [0, 0.1) is 20.2 Å². The molecule has 166 valence electrons. The smallest absolute Gasteiger partial charge is 0.296 e. The molecule has 11 heteroatoms. The number of benzene rings is 2. The van der Waals surface area contributed by atoms with E-state index in [0.29, 0.717) is 23.9 Å². The standard InChI is InChI=1S/C20H23N3O7S/c1-3-9-29-18-11-16(17(23(27)28)12-19(18)30-10-4-2)21-20(24)13-31-15-7-5-14(6-8-15)22(25)26/h5-8,11-12H,3-4,9-10,13H2,1-2H3,(H,21,24). The molecule has 31 heavy (non-hydrogen) atoms. The highest BCUT2D eigenvalue weighted by Crippen LogP contribution is 2.38. The topological polar surface area (TPSA) is 134 Å². The van der Waals surface area contributed by atoms with Crippen molar-refractivity contribution >= 4 is 34.7 Å². The minimum Gasteiger partial charge on any atom is -0.490 e. The van der Waals surface area contributed by atoms with Crippen molar-refractivity contribution in [1.82, 2.24) is 0 Å². The van der Waals surface area contributed by atoms with Crippen LogP contribution in [0.5, 0.6) is 11.5 Å². The van der Waals surface area contributed by atoms with Gasteiger partial charge < -0.3 is 14.8 Å². The molecule has 1 amide bonds. The third-order valence-corrected chi connectivity index (χ3v) is 4.89. The van der Waals surface area contributed by atoms with Crippen LogP contribution in [0.15, 0.2) is 41.3 Å². The van der Waals surface area contributed by atoms with Crippen LogP contribution >= 0.6 is 11.8 Å². The summed E-state index contributed by atoms with van der Waals surface area (Å²) in [5.41, 5.74) is -0.340. The van der Waals surface area contributed by atoms with Crippen LogP contribution in [-0.2, 0) is 4.79 Å². The van der Waals surface area contributed by atoms with Gasteiger partial charge in [-0.1, -0.05) is 13.8 Å². The van der Waals surface area contributed by atoms with E-state index in [1.165, 1.54) is 36.4 Å². The summed E-state index contributed by atoms with van der Waals surface area (Å²) in [5, 5.41) is 24.8. The largest absolute Gasteiger partial charge is 0.490 e. The lowest BCUT2D eigenvalue weighted by Crippen LogP contribution is -2.15. The van der Waals surface area contributed by atoms with E-state index >= 15 is 0 Å². The number of hydrogen-bond acceptors (Lipinski definition) is 8. The number of anilines is 1. The molecule has 10 nitrogen and oxygen atoms in total. The molecule has 2 aromatic carbocycles. The normalized spacial score (nSPS) is 10.4. The van der Waals surface area contributed by atoms with Crippen molar-refractivity contribution in [1.29, 1.82) is 0 Å². The maximum absolute atomic E-state index is 12.4. The fourth-order valence-electron chi connectivity index (χ4n) is 2.45. The number of ether oxygens (including phenoxy) is 2. The Kier molecular flexibility index (Phi) is 9.07. The first kappa shape index (κ1) is 23.9. The number of non-ortho nitro benzene ring substituents is 1. The zero-order valence-electron chi connectivity index (χ0n) is 17.2. The second kappa shape index (κ2) is 11.7. The predicted octanol–water partition coefficient (Wildman–Crippen LogP) is 4.81. The van der Waals surface area contributed by atoms with E-state index in [-0.39, 0.29) is 28.6 Å². The fraction of sp³-hybridized carbons (Fsp3) is 0.350. The monoisotopic (exact) mass is 449 g/mol. The first-order valence-electron chi connectivity index (χ1n) is 9.60. The highest BCUT2D eigenvalue weighted by Gasteiger charge is 2.22. The van der Waals surface area contributed by atoms with Gasteiger partial charge >= 0.3 is 0 Å². The Balaban J connectivity index is 2.15. The van der Waals surface area contributed by atoms with Crippen LogP contribution in [0.3, 0.4) is 0 Å². The van der Waals surface area contributed by atoms with E-state index in [9.17, 15) is 25.0 Å². The van der Waals surface area contributed by atoms with E-state index < -0.39 is 15.8 Å². The molecule has 0 atom stereocenters. The predicted molar refractivity (Wildman–Crippen MR) is 117 cm³/mol. The zero-order chi connectivity index (χ0) is 22.8. The number of hydrogen-bond donors (Lipinski definition) is 1. The number of nitro groups is 2. The van der Waals surface area contributed by atoms with Crippen LogP contribution < -0.4 is 14.8 Å². The van der Waals surface area contributed by atoms with E-state index in [0.717, 1.165) is 24.6 Å². The first-order chi connectivity index (χ1) is 14.8. The lowest BCUT2D eigenvalue weighted by atomic mass is 10.2. The highest BCUT2D eigenvalue weighted by molar-refractivity contribution is 8.00. The molecule has 0 radical (unpaired) electrons. The van der Waals surface area contributed by atoms with Gasteiger partial charge in [0.25, 0.3) is 11.4 Å². The summed E-state index contributed by atoms with van der Waals surface area (Å²) in [6.45, 7) is 4.61. The van der Waals surface area contributed by atoms with Gasteiger partial charge in [-0.3, -0.25) is 25.0 Å². The quantitative estimate of drug-likeness (QED) is 0.277. The molecule has 0 unspecified atom stereocenters. The summed E-state index contributed by atoms with van der Waals surface area (Å²) in [6, 6.07) is 8.41. The average Bonchev–Trinajstić information content (AvgIpc) is 2.75. The van der Waals surface area contributed by atoms with Gasteiger partial charge in [-0.25, -0.2) is 0 Å². The molecule has 2 rings (SSSR count). The van der Waals surface area contributed by atoms with Crippen molar-refractivity contribution in [3.8, 4) is 11.5 Å². The highest BCUT2D eigenvalue weighted by atomic mass is 32.2. The van der Waals surface area contributed by atoms with E-state index in [1.807, 2.05) is 13.8 Å². The number of carbonyl (C=O) groups is 1. The number of thioether (sulfide) groups is 1. The summed E-state index contributed by atoms with van der Waals surface area (Å²) in [6.07, 6.45) is 1.46. The molecule has 0 fully saturated rings. The molecule has 0 aliphatic carbocycles. The molecule has 2 aromatic rings. The first-order valence-corrected chi connectivity index (χ1v) is 10.6. The number of nitrogens with one attached hydrogen (secondary N) is 1. The summed E-state index contributed by atoms with van der Waals surface area (Å²) in [5.74, 6) is 0.0726. The summed E-state index contributed by atoms with van der Waals surface area (Å²) < 4.78 is 11.2. The number of nitrogens with zero attached hydrogens (tertiary/aromatic N) is 2. The number of amides is 1. The molecule has 0 saturated carbocycles. The number of rotatable bonds is 12. The molecule has 1 N–H and O–H groups in total. The summed E-state index contributed by atoms with van der Waals surface area (Å²) >= 11 is 1.15. The molecule has 0 heterocycles. The second-order valence-electron chi connectivity index (χ2n) is 6.36. The maximum atomic E-state index is 12.4. The number of nitro benzene ring substituents is 2. The van der Waals surface area contributed by atoms with E-state index in [4.69, 9.17) is 9.47 Å². The molecule has 0 bridgehead atoms. The van der Waals surface area contributed by atoms with Gasteiger partial charge in [0.15, 0.2) is 11.5 Å². The lowest BCUT2D eigenvalue weighted by Gasteiger charge is -2.14. The van der Waals surface area contributed by atoms with Crippen molar-refractivity contribution in [2.75, 3.05) is 24.3 Å². The van der Waals surface area contributed by atoms with Gasteiger partial charge in [-0.15, -0.1) is 11.8 Å². The van der Waals surface area contributed by atoms with Crippen molar-refractivity contribution in [2.45, 2.75) is 31.6 Å². The third kappa shape index (κ3) is 7.14. The minimum atomic E-state index is -0.596. The molecular formula is C20H23N3O7S. The van der Waals surface area contributed by atoms with Gasteiger partial charge in [0, 0.05) is 23.1 Å². The Bertz CT molecular complexity index is 935. The van der Waals surface area contributed by atoms with Crippen molar-refractivity contribution in [3.63, 3.8) is 0 Å². The van der Waals surface area contributed by atoms with Crippen molar-refractivity contribution in [2.24, 2.45) is 0 Å². The Labute approximate surface area is 183 Å². The van der Waals surface area contributed by atoms with Gasteiger partial charge in [0.1, 0.15) is 5.69 Å². The molecule has 0 aliphatic heterocycles. The van der Waals surface area contributed by atoms with Crippen LogP contribution in [-0.4, -0.2) is 34.7 Å². The van der Waals surface area contributed by atoms with Crippen LogP contribution in [0.25, 0.3) is 0 Å². The van der Waals surface area contributed by atoms with Crippen molar-refractivity contribution < 1.29 is 24.1 Å². The fourth-order valence-corrected chi connectivity index (χ4v) is 3.15. The van der Waals surface area contributed by atoms with Crippen LogP contribution in [0.4, 0.5) is 17.1 Å². The Hall–Kier alpha value is -3.34. The van der Waals surface area contributed by atoms with Gasteiger partial charge in [0.05, 0.1) is 34.9 Å². The molecule has 0 aromatic heterocycles. The van der Waals surface area contributed by atoms with Gasteiger partial charge in [-0.2, -0.15) is 0 Å². The summed E-state index contributed by atoms with van der Waals surface area (Å²) in [7, 11) is 0. The molecular weight excluding hydrogens is 426 g/mol. The summed E-state index contributed by atoms with van der Waals surface area (Å²) in [4.78, 5) is 34.2. The van der Waals surface area contributed by atoms with Crippen LogP contribution in [0.2, 0.25) is 0 Å². The Morgan fingerprint density at radius 3 is 2.06 bits per heavy atom. The van der Waals surface area contributed by atoms with Crippen molar-refractivity contribution in [3.05, 3.63) is 56.6 Å². The van der Waals surface area contributed by atoms with Crippen LogP contribution in [0.1, 0.15) is 26.7 Å². The number of carbonyl (C=O) groups excluding carboxylic acids is 1. The minimum absolute atomic E-state index is 0.00857. The van der Waals surface area contributed by atoms with Gasteiger partial charge in [-0.05, 0) is 25.0 Å². The van der Waals surface area contributed by atoms with Gasteiger partial charge in [0.2, 0.25) is 5.91 Å². The Morgan fingerprint density at radius 1 is 0.968 bits per heavy atom. The zero-order valence-corrected chi connectivity index (χ0v) is 18.0. The maximum Gasteiger partial charge on any atom is 0.296 e. The van der Waals surface area contributed by atoms with E-state index in [2.05, 4.69) is 5.32 Å². The second-order valence-corrected chi connectivity index (χ2v) is 7.41. The van der Waals surface area contributed by atoms with E-state index in [1.54, 1.807) is 0 Å². The Morgan fingerprint density at radius 2 is 1.55 bits per heavy atom.